The monoisotopic (exact) mass is 320 g/mol. The van der Waals surface area contributed by atoms with E-state index in [9.17, 15) is 4.79 Å². The molecule has 1 atom stereocenters. The van der Waals surface area contributed by atoms with Crippen molar-refractivity contribution in [1.29, 1.82) is 0 Å². The van der Waals surface area contributed by atoms with E-state index in [1.54, 1.807) is 6.20 Å². The van der Waals surface area contributed by atoms with Crippen LogP contribution in [0.2, 0.25) is 0 Å². The summed E-state index contributed by atoms with van der Waals surface area (Å²) in [7, 11) is 0. The molecule has 0 fully saturated rings. The van der Waals surface area contributed by atoms with Crippen LogP contribution in [0.3, 0.4) is 0 Å². The van der Waals surface area contributed by atoms with Gasteiger partial charge in [0, 0.05) is 17.3 Å². The molecule has 0 unspecified atom stereocenters. The summed E-state index contributed by atoms with van der Waals surface area (Å²) in [4.78, 5) is 16.6. The lowest BCUT2D eigenvalue weighted by Gasteiger charge is -2.12. The summed E-state index contributed by atoms with van der Waals surface area (Å²) in [6.45, 7) is 2.57. The molecule has 1 aromatic carbocycles. The Balaban J connectivity index is 1.77. The highest BCUT2D eigenvalue weighted by Gasteiger charge is 2.36. The second-order valence-electron chi connectivity index (χ2n) is 5.48. The van der Waals surface area contributed by atoms with Crippen LogP contribution in [0.1, 0.15) is 34.7 Å². The highest BCUT2D eigenvalue weighted by Crippen LogP contribution is 2.36. The predicted molar refractivity (Wildman–Crippen MR) is 88.7 cm³/mol. The lowest BCUT2D eigenvalue weighted by molar-refractivity contribution is 0.0955. The number of hydrogen-bond donors (Lipinski definition) is 2. The molecule has 3 heterocycles. The third kappa shape index (κ3) is 2.32. The van der Waals surface area contributed by atoms with Crippen LogP contribution < -0.4 is 10.1 Å². The van der Waals surface area contributed by atoms with Crippen LogP contribution >= 0.6 is 0 Å². The lowest BCUT2D eigenvalue weighted by Crippen LogP contribution is -2.21. The molecular formula is C18H16N4O2. The van der Waals surface area contributed by atoms with Gasteiger partial charge >= 0.3 is 0 Å². The Morgan fingerprint density at radius 2 is 2.00 bits per heavy atom. The smallest absolute Gasteiger partial charge is 0.270 e. The number of benzene rings is 1. The molecule has 0 bridgehead atoms. The van der Waals surface area contributed by atoms with E-state index < -0.39 is 0 Å². The minimum absolute atomic E-state index is 0.162. The number of hydrogen-bond acceptors (Lipinski definition) is 4. The summed E-state index contributed by atoms with van der Waals surface area (Å²) in [6.07, 6.45) is 1.72. The molecule has 1 aliphatic rings. The highest BCUT2D eigenvalue weighted by atomic mass is 16.5. The van der Waals surface area contributed by atoms with Gasteiger partial charge in [-0.3, -0.25) is 14.9 Å². The largest absolute Gasteiger partial charge is 0.494 e. The molecule has 1 aliphatic heterocycles. The van der Waals surface area contributed by atoms with Gasteiger partial charge in [0.15, 0.2) is 0 Å². The van der Waals surface area contributed by atoms with Gasteiger partial charge in [0.05, 0.1) is 18.0 Å². The molecule has 0 saturated carbocycles. The molecule has 6 nitrogen and oxygen atoms in total. The van der Waals surface area contributed by atoms with Gasteiger partial charge in [0.2, 0.25) is 0 Å². The Bertz CT molecular complexity index is 872. The standard InChI is InChI=1S/C18H16N4O2/c1-2-24-12-8-6-11(7-9-12)15-14-16(13-5-3-4-10-19-13)20-18(23)17(14)22-21-15/h3-10,16H,2H2,1H3,(H,20,23)(H,21,22)/t16-/m0/s1. The van der Waals surface area contributed by atoms with Gasteiger partial charge < -0.3 is 10.1 Å². The maximum atomic E-state index is 12.2. The Morgan fingerprint density at radius 1 is 1.17 bits per heavy atom. The van der Waals surface area contributed by atoms with Gasteiger partial charge in [-0.05, 0) is 43.3 Å². The topological polar surface area (TPSA) is 79.9 Å². The van der Waals surface area contributed by atoms with Crippen LogP contribution in [-0.4, -0.2) is 27.7 Å². The zero-order valence-corrected chi connectivity index (χ0v) is 13.1. The Kier molecular flexibility index (Phi) is 3.49. The number of fused-ring (bicyclic) bond motifs is 1. The van der Waals surface area contributed by atoms with E-state index in [0.717, 1.165) is 28.3 Å². The van der Waals surface area contributed by atoms with Crippen molar-refractivity contribution in [3.05, 3.63) is 65.6 Å². The predicted octanol–water partition coefficient (Wildman–Crippen LogP) is 2.70. The minimum Gasteiger partial charge on any atom is -0.494 e. The fourth-order valence-electron chi connectivity index (χ4n) is 2.94. The molecule has 0 aliphatic carbocycles. The van der Waals surface area contributed by atoms with Gasteiger partial charge in [0.1, 0.15) is 17.5 Å². The summed E-state index contributed by atoms with van der Waals surface area (Å²) in [5.74, 6) is 0.647. The van der Waals surface area contributed by atoms with Crippen LogP contribution in [0.5, 0.6) is 5.75 Å². The average Bonchev–Trinajstić information content (AvgIpc) is 3.18. The van der Waals surface area contributed by atoms with E-state index >= 15 is 0 Å². The molecule has 0 spiro atoms. The number of ether oxygens (including phenoxy) is 1. The quantitative estimate of drug-likeness (QED) is 0.774. The van der Waals surface area contributed by atoms with E-state index in [-0.39, 0.29) is 11.9 Å². The number of pyridine rings is 1. The van der Waals surface area contributed by atoms with Crippen molar-refractivity contribution in [1.82, 2.24) is 20.5 Å². The number of carbonyl (C=O) groups excluding carboxylic acids is 1. The normalized spacial score (nSPS) is 15.9. The maximum absolute atomic E-state index is 12.2. The van der Waals surface area contributed by atoms with Crippen LogP contribution in [0.4, 0.5) is 0 Å². The zero-order valence-electron chi connectivity index (χ0n) is 13.1. The van der Waals surface area contributed by atoms with Crippen molar-refractivity contribution in [2.75, 3.05) is 6.61 Å². The van der Waals surface area contributed by atoms with E-state index in [4.69, 9.17) is 4.74 Å². The molecule has 6 heteroatoms. The van der Waals surface area contributed by atoms with E-state index in [1.807, 2.05) is 49.4 Å². The highest BCUT2D eigenvalue weighted by molar-refractivity contribution is 6.00. The third-order valence-corrected chi connectivity index (χ3v) is 4.02. The van der Waals surface area contributed by atoms with Crippen molar-refractivity contribution < 1.29 is 9.53 Å². The molecule has 4 rings (SSSR count). The summed E-state index contributed by atoms with van der Waals surface area (Å²) in [5.41, 5.74) is 3.80. The van der Waals surface area contributed by atoms with E-state index in [2.05, 4.69) is 20.5 Å². The number of nitrogens with one attached hydrogen (secondary N) is 2. The number of aromatic amines is 1. The first-order chi connectivity index (χ1) is 11.8. The van der Waals surface area contributed by atoms with Crippen molar-refractivity contribution in [2.24, 2.45) is 0 Å². The SMILES string of the molecule is CCOc1ccc(-c2n[nH]c3c2[C@H](c2ccccn2)NC3=O)cc1. The fourth-order valence-corrected chi connectivity index (χ4v) is 2.94. The number of carbonyl (C=O) groups is 1. The molecular weight excluding hydrogens is 304 g/mol. The molecule has 2 N–H and O–H groups in total. The van der Waals surface area contributed by atoms with Crippen LogP contribution in [0.15, 0.2) is 48.7 Å². The summed E-state index contributed by atoms with van der Waals surface area (Å²) in [6, 6.07) is 13.1. The Labute approximate surface area is 138 Å². The molecule has 0 saturated heterocycles. The van der Waals surface area contributed by atoms with Gasteiger partial charge in [-0.2, -0.15) is 5.10 Å². The van der Waals surface area contributed by atoms with Gasteiger partial charge in [0.25, 0.3) is 5.91 Å². The third-order valence-electron chi connectivity index (χ3n) is 4.02. The van der Waals surface area contributed by atoms with Crippen LogP contribution in [-0.2, 0) is 0 Å². The van der Waals surface area contributed by atoms with Crippen molar-refractivity contribution >= 4 is 5.91 Å². The Morgan fingerprint density at radius 3 is 2.71 bits per heavy atom. The number of aromatic nitrogens is 3. The molecule has 24 heavy (non-hydrogen) atoms. The lowest BCUT2D eigenvalue weighted by atomic mass is 10.00. The summed E-state index contributed by atoms with van der Waals surface area (Å²) >= 11 is 0. The van der Waals surface area contributed by atoms with E-state index in [1.165, 1.54) is 0 Å². The van der Waals surface area contributed by atoms with Crippen LogP contribution in [0, 0.1) is 0 Å². The number of rotatable bonds is 4. The minimum atomic E-state index is -0.297. The molecule has 120 valence electrons. The van der Waals surface area contributed by atoms with Crippen molar-refractivity contribution in [3.8, 4) is 17.0 Å². The Hall–Kier alpha value is -3.15. The average molecular weight is 320 g/mol. The van der Waals surface area contributed by atoms with Gasteiger partial charge in [-0.25, -0.2) is 0 Å². The van der Waals surface area contributed by atoms with E-state index in [0.29, 0.717) is 12.3 Å². The van der Waals surface area contributed by atoms with Crippen LogP contribution in [0.25, 0.3) is 11.3 Å². The number of amides is 1. The molecule has 1 amide bonds. The second kappa shape index (κ2) is 5.81. The zero-order chi connectivity index (χ0) is 16.5. The van der Waals surface area contributed by atoms with Crippen molar-refractivity contribution in [2.45, 2.75) is 13.0 Å². The van der Waals surface area contributed by atoms with Crippen molar-refractivity contribution in [3.63, 3.8) is 0 Å². The van der Waals surface area contributed by atoms with Gasteiger partial charge in [-0.1, -0.05) is 6.07 Å². The molecule has 3 aromatic rings. The first-order valence-corrected chi connectivity index (χ1v) is 7.81. The van der Waals surface area contributed by atoms with Gasteiger partial charge in [-0.15, -0.1) is 0 Å². The summed E-state index contributed by atoms with van der Waals surface area (Å²) < 4.78 is 5.47. The number of H-pyrrole nitrogens is 1. The molecule has 2 aromatic heterocycles. The number of nitrogens with zero attached hydrogens (tertiary/aromatic N) is 2. The first kappa shape index (κ1) is 14.4. The fraction of sp³-hybridized carbons (Fsp3) is 0.167. The first-order valence-electron chi connectivity index (χ1n) is 7.81. The maximum Gasteiger partial charge on any atom is 0.270 e. The summed E-state index contributed by atoms with van der Waals surface area (Å²) in [5, 5.41) is 10.2. The molecule has 0 radical (unpaired) electrons. The second-order valence-corrected chi connectivity index (χ2v) is 5.48.